The predicted molar refractivity (Wildman–Crippen MR) is 123 cm³/mol. The maximum Gasteiger partial charge on any atom is 0.410 e. The molecule has 1 unspecified atom stereocenters. The van der Waals surface area contributed by atoms with Crippen LogP contribution < -0.4 is 0 Å². The average molecular weight is 451 g/mol. The highest BCUT2D eigenvalue weighted by Gasteiger charge is 2.48. The van der Waals surface area contributed by atoms with Gasteiger partial charge in [-0.25, -0.2) is 4.79 Å². The van der Waals surface area contributed by atoms with E-state index in [1.165, 1.54) is 23.8 Å². The molecule has 1 atom stereocenters. The number of carbonyl (C=O) groups is 1. The van der Waals surface area contributed by atoms with E-state index in [2.05, 4.69) is 29.2 Å². The summed E-state index contributed by atoms with van der Waals surface area (Å²) >= 11 is 4.06. The van der Waals surface area contributed by atoms with Crippen LogP contribution in [0.15, 0.2) is 24.3 Å². The Morgan fingerprint density at radius 1 is 1.23 bits per heavy atom. The molecule has 6 nitrogen and oxygen atoms in total. The standard InChI is InChI=1S/C22H30N2O4S2/c1-4-27-18(28-5-2)14-24(21(25)26-3)17-10-11-22(29-12-13-30-22)20-19(17)15-8-6-7-9-16(15)23-20/h6-9,17-18,23H,4-5,10-14H2,1-3H3. The summed E-state index contributed by atoms with van der Waals surface area (Å²) in [5.41, 5.74) is 3.60. The molecule has 0 bridgehead atoms. The Bertz CT molecular complexity index is 875. The second kappa shape index (κ2) is 9.42. The summed E-state index contributed by atoms with van der Waals surface area (Å²) in [6, 6.07) is 8.31. The molecule has 2 aliphatic rings. The summed E-state index contributed by atoms with van der Waals surface area (Å²) in [6.45, 7) is 5.26. The van der Waals surface area contributed by atoms with Gasteiger partial charge in [0.15, 0.2) is 6.29 Å². The van der Waals surface area contributed by atoms with Crippen molar-refractivity contribution in [3.05, 3.63) is 35.5 Å². The van der Waals surface area contributed by atoms with Gasteiger partial charge in [-0.15, -0.1) is 23.5 Å². The Labute approximate surface area is 186 Å². The maximum absolute atomic E-state index is 12.9. The van der Waals surface area contributed by atoms with E-state index in [1.807, 2.05) is 37.4 Å². The van der Waals surface area contributed by atoms with E-state index in [0.717, 1.165) is 29.9 Å². The zero-order valence-electron chi connectivity index (χ0n) is 17.8. The molecule has 8 heteroatoms. The van der Waals surface area contributed by atoms with Crippen molar-refractivity contribution in [2.24, 2.45) is 0 Å². The summed E-state index contributed by atoms with van der Waals surface area (Å²) in [5.74, 6) is 2.31. The summed E-state index contributed by atoms with van der Waals surface area (Å²) in [5, 5.41) is 1.18. The normalized spacial score (nSPS) is 20.1. The quantitative estimate of drug-likeness (QED) is 0.592. The predicted octanol–water partition coefficient (Wildman–Crippen LogP) is 5.10. The largest absolute Gasteiger partial charge is 0.453 e. The van der Waals surface area contributed by atoms with Crippen LogP contribution >= 0.6 is 23.5 Å². The topological polar surface area (TPSA) is 63.8 Å². The minimum Gasteiger partial charge on any atom is -0.453 e. The van der Waals surface area contributed by atoms with Gasteiger partial charge in [0.1, 0.15) is 4.08 Å². The van der Waals surface area contributed by atoms with Gasteiger partial charge in [0.25, 0.3) is 0 Å². The molecule has 1 amide bonds. The van der Waals surface area contributed by atoms with E-state index in [9.17, 15) is 4.79 Å². The Hall–Kier alpha value is -1.35. The van der Waals surface area contributed by atoms with Gasteiger partial charge >= 0.3 is 6.09 Å². The van der Waals surface area contributed by atoms with Crippen molar-refractivity contribution in [1.82, 2.24) is 9.88 Å². The number of amides is 1. The van der Waals surface area contributed by atoms with Crippen molar-refractivity contribution < 1.29 is 19.0 Å². The molecule has 1 N–H and O–H groups in total. The molecule has 2 heterocycles. The molecule has 0 radical (unpaired) electrons. The second-order valence-electron chi connectivity index (χ2n) is 7.43. The number of thioether (sulfide) groups is 2. The SMILES string of the molecule is CCOC(CN(C(=O)OC)C1CCC2(SCCS2)c2[nH]c3ccccc3c21)OCC. The van der Waals surface area contributed by atoms with Crippen molar-refractivity contribution in [1.29, 1.82) is 0 Å². The van der Waals surface area contributed by atoms with E-state index in [1.54, 1.807) is 4.90 Å². The number of ether oxygens (including phenoxy) is 3. The van der Waals surface area contributed by atoms with Crippen LogP contribution in [0, 0.1) is 0 Å². The second-order valence-corrected chi connectivity index (χ2v) is 10.5. The third-order valence-corrected chi connectivity index (χ3v) is 9.33. The van der Waals surface area contributed by atoms with E-state index in [-0.39, 0.29) is 16.2 Å². The van der Waals surface area contributed by atoms with Crippen molar-refractivity contribution >= 4 is 40.5 Å². The first-order chi connectivity index (χ1) is 14.6. The van der Waals surface area contributed by atoms with Crippen LogP contribution in [-0.2, 0) is 18.3 Å². The number of hydrogen-bond donors (Lipinski definition) is 1. The number of hydrogen-bond acceptors (Lipinski definition) is 6. The molecular weight excluding hydrogens is 420 g/mol. The van der Waals surface area contributed by atoms with Gasteiger partial charge in [0, 0.05) is 46.9 Å². The number of para-hydroxylation sites is 1. The first-order valence-electron chi connectivity index (χ1n) is 10.6. The average Bonchev–Trinajstić information content (AvgIpc) is 3.39. The van der Waals surface area contributed by atoms with Gasteiger partial charge in [0.2, 0.25) is 0 Å². The fourth-order valence-corrected chi connectivity index (χ4v) is 7.89. The van der Waals surface area contributed by atoms with Gasteiger partial charge in [-0.2, -0.15) is 0 Å². The van der Waals surface area contributed by atoms with Crippen LogP contribution in [0.1, 0.15) is 44.0 Å². The minimum atomic E-state index is -0.473. The van der Waals surface area contributed by atoms with Crippen molar-refractivity contribution in [3.63, 3.8) is 0 Å². The van der Waals surface area contributed by atoms with Crippen molar-refractivity contribution in [2.45, 2.75) is 43.1 Å². The van der Waals surface area contributed by atoms with Crippen LogP contribution in [0.3, 0.4) is 0 Å². The summed E-state index contributed by atoms with van der Waals surface area (Å²) in [7, 11) is 1.44. The molecule has 1 aliphatic carbocycles. The maximum atomic E-state index is 12.9. The number of methoxy groups -OCH3 is 1. The molecule has 1 spiro atoms. The first kappa shape index (κ1) is 21.9. The number of aromatic nitrogens is 1. The summed E-state index contributed by atoms with van der Waals surface area (Å²) < 4.78 is 16.8. The zero-order valence-corrected chi connectivity index (χ0v) is 19.4. The highest BCUT2D eigenvalue weighted by molar-refractivity contribution is 8.20. The summed E-state index contributed by atoms with van der Waals surface area (Å²) in [4.78, 5) is 18.4. The van der Waals surface area contributed by atoms with E-state index < -0.39 is 6.29 Å². The number of fused-ring (bicyclic) bond motifs is 4. The van der Waals surface area contributed by atoms with Crippen LogP contribution in [0.2, 0.25) is 0 Å². The fourth-order valence-electron chi connectivity index (χ4n) is 4.59. The Balaban J connectivity index is 1.77. The number of nitrogens with zero attached hydrogens (tertiary/aromatic N) is 1. The third kappa shape index (κ3) is 3.95. The molecule has 164 valence electrons. The molecule has 1 fully saturated rings. The number of carbonyl (C=O) groups excluding carboxylic acids is 1. The fraction of sp³-hybridized carbons (Fsp3) is 0.591. The van der Waals surface area contributed by atoms with Crippen molar-refractivity contribution in [2.75, 3.05) is 38.4 Å². The van der Waals surface area contributed by atoms with E-state index in [0.29, 0.717) is 19.8 Å². The highest BCUT2D eigenvalue weighted by Crippen LogP contribution is 2.60. The Kier molecular flexibility index (Phi) is 6.87. The van der Waals surface area contributed by atoms with Crippen LogP contribution in [0.4, 0.5) is 4.79 Å². The van der Waals surface area contributed by atoms with Crippen LogP contribution in [0.25, 0.3) is 10.9 Å². The molecule has 1 aromatic carbocycles. The monoisotopic (exact) mass is 450 g/mol. The molecular formula is C22H30N2O4S2. The number of aromatic amines is 1. The highest BCUT2D eigenvalue weighted by atomic mass is 32.2. The lowest BCUT2D eigenvalue weighted by Gasteiger charge is -2.41. The molecule has 1 saturated heterocycles. The number of rotatable bonds is 7. The number of benzene rings is 1. The first-order valence-corrected chi connectivity index (χ1v) is 12.6. The third-order valence-electron chi connectivity index (χ3n) is 5.80. The number of H-pyrrole nitrogens is 1. The lowest BCUT2D eigenvalue weighted by molar-refractivity contribution is -0.148. The summed E-state index contributed by atoms with van der Waals surface area (Å²) in [6.07, 6.45) is 1.07. The van der Waals surface area contributed by atoms with E-state index in [4.69, 9.17) is 14.2 Å². The van der Waals surface area contributed by atoms with Crippen LogP contribution in [0.5, 0.6) is 0 Å². The molecule has 4 rings (SSSR count). The molecule has 2 aromatic rings. The lowest BCUT2D eigenvalue weighted by atomic mass is 9.88. The van der Waals surface area contributed by atoms with Gasteiger partial charge < -0.3 is 19.2 Å². The number of nitrogens with one attached hydrogen (secondary N) is 1. The Morgan fingerprint density at radius 2 is 1.93 bits per heavy atom. The molecule has 1 aromatic heterocycles. The zero-order chi connectivity index (χ0) is 21.1. The Morgan fingerprint density at radius 3 is 2.60 bits per heavy atom. The molecule has 0 saturated carbocycles. The van der Waals surface area contributed by atoms with Gasteiger partial charge in [-0.1, -0.05) is 18.2 Å². The van der Waals surface area contributed by atoms with Gasteiger partial charge in [-0.3, -0.25) is 4.90 Å². The lowest BCUT2D eigenvalue weighted by Crippen LogP contribution is -2.44. The molecule has 30 heavy (non-hydrogen) atoms. The van der Waals surface area contributed by atoms with Gasteiger partial charge in [-0.05, 0) is 32.8 Å². The van der Waals surface area contributed by atoms with E-state index >= 15 is 0 Å². The minimum absolute atomic E-state index is 0.0475. The van der Waals surface area contributed by atoms with Crippen molar-refractivity contribution in [3.8, 4) is 0 Å². The smallest absolute Gasteiger partial charge is 0.410 e. The molecule has 1 aliphatic heterocycles. The van der Waals surface area contributed by atoms with Gasteiger partial charge in [0.05, 0.1) is 19.7 Å². The van der Waals surface area contributed by atoms with Crippen LogP contribution in [-0.4, -0.2) is 60.6 Å².